The van der Waals surface area contributed by atoms with Gasteiger partial charge in [0.2, 0.25) is 5.89 Å². The van der Waals surface area contributed by atoms with Crippen LogP contribution in [0.5, 0.6) is 0 Å². The van der Waals surface area contributed by atoms with Crippen LogP contribution in [0.1, 0.15) is 66.3 Å². The van der Waals surface area contributed by atoms with Crippen LogP contribution in [0.25, 0.3) is 0 Å². The van der Waals surface area contributed by atoms with Crippen molar-refractivity contribution in [1.82, 2.24) is 19.9 Å². The number of oxazole rings is 1. The number of likely N-dealkylation sites (tertiary alicyclic amines) is 1. The SMILES string of the molecule is Cc1nc(CN2CCCC2c2nc3c([nH]2)CCCC3)oc1C.I. The van der Waals surface area contributed by atoms with Gasteiger partial charge in [-0.3, -0.25) is 4.90 Å². The quantitative estimate of drug-likeness (QED) is 0.755. The second kappa shape index (κ2) is 6.93. The monoisotopic (exact) mass is 428 g/mol. The highest BCUT2D eigenvalue weighted by molar-refractivity contribution is 14.0. The number of halogens is 1. The Kier molecular flexibility index (Phi) is 5.10. The van der Waals surface area contributed by atoms with Gasteiger partial charge >= 0.3 is 0 Å². The van der Waals surface area contributed by atoms with Gasteiger partial charge in [-0.1, -0.05) is 0 Å². The van der Waals surface area contributed by atoms with Crippen molar-refractivity contribution in [2.45, 2.75) is 65.0 Å². The Hall–Kier alpha value is -0.890. The molecule has 2 aliphatic rings. The first kappa shape index (κ1) is 17.0. The Morgan fingerprint density at radius 3 is 2.74 bits per heavy atom. The lowest BCUT2D eigenvalue weighted by molar-refractivity contribution is 0.215. The summed E-state index contributed by atoms with van der Waals surface area (Å²) in [6.45, 7) is 5.86. The van der Waals surface area contributed by atoms with Gasteiger partial charge in [-0.2, -0.15) is 0 Å². The van der Waals surface area contributed by atoms with E-state index in [0.29, 0.717) is 6.04 Å². The predicted octanol–water partition coefficient (Wildman–Crippen LogP) is 3.85. The Morgan fingerprint density at radius 1 is 1.17 bits per heavy atom. The van der Waals surface area contributed by atoms with Crippen LogP contribution in [-0.4, -0.2) is 26.4 Å². The van der Waals surface area contributed by atoms with Gasteiger partial charge in [-0.05, 0) is 58.9 Å². The van der Waals surface area contributed by atoms with E-state index in [1.165, 1.54) is 37.1 Å². The summed E-state index contributed by atoms with van der Waals surface area (Å²) in [4.78, 5) is 15.5. The van der Waals surface area contributed by atoms with E-state index in [9.17, 15) is 0 Å². The summed E-state index contributed by atoms with van der Waals surface area (Å²) in [6.07, 6.45) is 7.25. The molecule has 1 aliphatic heterocycles. The summed E-state index contributed by atoms with van der Waals surface area (Å²) in [6, 6.07) is 0.387. The van der Waals surface area contributed by atoms with E-state index in [2.05, 4.69) is 14.9 Å². The molecule has 1 unspecified atom stereocenters. The Bertz CT molecular complexity index is 635. The van der Waals surface area contributed by atoms with Gasteiger partial charge in [0, 0.05) is 5.69 Å². The van der Waals surface area contributed by atoms with E-state index in [1.54, 1.807) is 0 Å². The van der Waals surface area contributed by atoms with Gasteiger partial charge in [0.1, 0.15) is 11.6 Å². The van der Waals surface area contributed by atoms with E-state index < -0.39 is 0 Å². The topological polar surface area (TPSA) is 58.0 Å². The van der Waals surface area contributed by atoms with Crippen LogP contribution in [0, 0.1) is 13.8 Å². The van der Waals surface area contributed by atoms with Crippen molar-refractivity contribution in [3.8, 4) is 0 Å². The molecule has 0 spiro atoms. The molecule has 2 aromatic rings. The summed E-state index contributed by atoms with van der Waals surface area (Å²) >= 11 is 0. The van der Waals surface area contributed by atoms with Gasteiger partial charge in [0.15, 0.2) is 0 Å². The summed E-state index contributed by atoms with van der Waals surface area (Å²) in [5, 5.41) is 0. The smallest absolute Gasteiger partial charge is 0.208 e. The van der Waals surface area contributed by atoms with E-state index in [4.69, 9.17) is 9.40 Å². The number of aromatic nitrogens is 3. The number of aromatic amines is 1. The first-order valence-electron chi connectivity index (χ1n) is 8.45. The molecule has 1 fully saturated rings. The average molecular weight is 428 g/mol. The van der Waals surface area contributed by atoms with Gasteiger partial charge < -0.3 is 9.40 Å². The molecular formula is C17H25IN4O. The van der Waals surface area contributed by atoms with Crippen LogP contribution in [0.15, 0.2) is 4.42 Å². The number of imidazole rings is 1. The van der Waals surface area contributed by atoms with Crippen LogP contribution in [-0.2, 0) is 19.4 Å². The minimum Gasteiger partial charge on any atom is -0.444 e. The van der Waals surface area contributed by atoms with E-state index in [1.807, 2.05) is 13.8 Å². The number of hydrogen-bond acceptors (Lipinski definition) is 4. The number of hydrogen-bond donors (Lipinski definition) is 1. The molecule has 2 aromatic heterocycles. The predicted molar refractivity (Wildman–Crippen MR) is 99.0 cm³/mol. The summed E-state index contributed by atoms with van der Waals surface area (Å²) in [5.74, 6) is 2.92. The fraction of sp³-hybridized carbons (Fsp3) is 0.647. The highest BCUT2D eigenvalue weighted by Gasteiger charge is 2.30. The molecule has 0 saturated carbocycles. The largest absolute Gasteiger partial charge is 0.444 e. The fourth-order valence-corrected chi connectivity index (χ4v) is 3.74. The summed E-state index contributed by atoms with van der Waals surface area (Å²) in [5.41, 5.74) is 3.67. The minimum atomic E-state index is 0. The third-order valence-electron chi connectivity index (χ3n) is 5.06. The summed E-state index contributed by atoms with van der Waals surface area (Å²) < 4.78 is 5.76. The normalized spacial score (nSPS) is 21.2. The second-order valence-electron chi connectivity index (χ2n) is 6.63. The standard InChI is InChI=1S/C17H24N4O.HI/c1-11-12(2)22-16(18-11)10-21-9-5-8-15(21)17-19-13-6-3-4-7-14(13)20-17;/h15H,3-10H2,1-2H3,(H,19,20);1H. The molecular weight excluding hydrogens is 403 g/mol. The zero-order chi connectivity index (χ0) is 15.1. The van der Waals surface area contributed by atoms with Crippen molar-refractivity contribution < 1.29 is 4.42 Å². The van der Waals surface area contributed by atoms with Crippen LogP contribution in [0.3, 0.4) is 0 Å². The molecule has 1 atom stereocenters. The molecule has 1 N–H and O–H groups in total. The van der Waals surface area contributed by atoms with E-state index in [-0.39, 0.29) is 24.0 Å². The van der Waals surface area contributed by atoms with Crippen molar-refractivity contribution in [3.63, 3.8) is 0 Å². The maximum Gasteiger partial charge on any atom is 0.208 e. The number of nitrogens with zero attached hydrogens (tertiary/aromatic N) is 3. The van der Waals surface area contributed by atoms with Crippen molar-refractivity contribution in [2.24, 2.45) is 0 Å². The second-order valence-corrected chi connectivity index (χ2v) is 6.63. The third kappa shape index (κ3) is 3.33. The number of aryl methyl sites for hydroxylation is 4. The number of H-pyrrole nitrogens is 1. The molecule has 1 aliphatic carbocycles. The first-order chi connectivity index (χ1) is 10.7. The molecule has 5 nitrogen and oxygen atoms in total. The molecule has 0 amide bonds. The molecule has 23 heavy (non-hydrogen) atoms. The molecule has 126 valence electrons. The maximum absolute atomic E-state index is 5.76. The van der Waals surface area contributed by atoms with Crippen molar-refractivity contribution in [3.05, 3.63) is 34.6 Å². The number of fused-ring (bicyclic) bond motifs is 1. The minimum absolute atomic E-state index is 0. The lowest BCUT2D eigenvalue weighted by atomic mass is 10.0. The Labute approximate surface area is 154 Å². The first-order valence-corrected chi connectivity index (χ1v) is 8.45. The molecule has 0 radical (unpaired) electrons. The van der Waals surface area contributed by atoms with Crippen LogP contribution in [0.2, 0.25) is 0 Å². The highest BCUT2D eigenvalue weighted by Crippen LogP contribution is 2.33. The molecule has 0 bridgehead atoms. The van der Waals surface area contributed by atoms with Gasteiger partial charge in [0.25, 0.3) is 0 Å². The molecule has 6 heteroatoms. The maximum atomic E-state index is 5.76. The zero-order valence-corrected chi connectivity index (χ0v) is 16.2. The molecule has 3 heterocycles. The summed E-state index contributed by atoms with van der Waals surface area (Å²) in [7, 11) is 0. The van der Waals surface area contributed by atoms with Crippen molar-refractivity contribution in [1.29, 1.82) is 0 Å². The van der Waals surface area contributed by atoms with Crippen molar-refractivity contribution >= 4 is 24.0 Å². The molecule has 4 rings (SSSR count). The lowest BCUT2D eigenvalue weighted by Gasteiger charge is -2.21. The zero-order valence-electron chi connectivity index (χ0n) is 13.9. The van der Waals surface area contributed by atoms with Gasteiger partial charge in [-0.25, -0.2) is 9.97 Å². The fourth-order valence-electron chi connectivity index (χ4n) is 3.74. The number of nitrogens with one attached hydrogen (secondary N) is 1. The Balaban J connectivity index is 0.00000156. The van der Waals surface area contributed by atoms with Crippen LogP contribution in [0.4, 0.5) is 0 Å². The van der Waals surface area contributed by atoms with Crippen LogP contribution < -0.4 is 0 Å². The molecule has 0 aromatic carbocycles. The molecule has 1 saturated heterocycles. The van der Waals surface area contributed by atoms with Gasteiger partial charge in [-0.15, -0.1) is 24.0 Å². The van der Waals surface area contributed by atoms with Gasteiger partial charge in [0.05, 0.1) is 24.0 Å². The lowest BCUT2D eigenvalue weighted by Crippen LogP contribution is -2.23. The van der Waals surface area contributed by atoms with E-state index in [0.717, 1.165) is 49.1 Å². The van der Waals surface area contributed by atoms with Crippen LogP contribution >= 0.6 is 24.0 Å². The third-order valence-corrected chi connectivity index (χ3v) is 5.06. The van der Waals surface area contributed by atoms with E-state index >= 15 is 0 Å². The highest BCUT2D eigenvalue weighted by atomic mass is 127. The number of rotatable bonds is 3. The average Bonchev–Trinajstić information content (AvgIpc) is 3.18. The van der Waals surface area contributed by atoms with Crippen molar-refractivity contribution in [2.75, 3.05) is 6.54 Å². The Morgan fingerprint density at radius 2 is 2.00 bits per heavy atom.